The molecule has 2 aromatic rings. The number of hydrogen-bond donors (Lipinski definition) is 1. The molecule has 1 fully saturated rings. The quantitative estimate of drug-likeness (QED) is 0.836. The Morgan fingerprint density at radius 3 is 2.92 bits per heavy atom. The van der Waals surface area contributed by atoms with Gasteiger partial charge in [-0.05, 0) is 46.2 Å². The first-order valence-electron chi connectivity index (χ1n) is 8.38. The van der Waals surface area contributed by atoms with Crippen molar-refractivity contribution in [2.24, 2.45) is 0 Å². The van der Waals surface area contributed by atoms with Crippen LogP contribution in [0.1, 0.15) is 31.9 Å². The Morgan fingerprint density at radius 1 is 1.42 bits per heavy atom. The third kappa shape index (κ3) is 3.48. The highest BCUT2D eigenvalue weighted by molar-refractivity contribution is 5.77. The number of aromatic nitrogens is 3. The third-order valence-electron chi connectivity index (χ3n) is 4.60. The smallest absolute Gasteiger partial charge is 0.267 e. The molecule has 8 nitrogen and oxygen atoms in total. The Kier molecular flexibility index (Phi) is 4.94. The van der Waals surface area contributed by atoms with Crippen LogP contribution < -0.4 is 10.9 Å². The summed E-state index contributed by atoms with van der Waals surface area (Å²) in [6.07, 6.45) is 4.75. The Labute approximate surface area is 139 Å². The molecular weight excluding hydrogens is 310 g/mol. The average Bonchev–Trinajstić information content (AvgIpc) is 3.20. The number of aryl methyl sites for hydroxylation is 1. The van der Waals surface area contributed by atoms with E-state index in [9.17, 15) is 9.59 Å². The molecule has 2 aromatic heterocycles. The van der Waals surface area contributed by atoms with Crippen molar-refractivity contribution >= 4 is 17.0 Å². The zero-order chi connectivity index (χ0) is 17.1. The maximum absolute atomic E-state index is 12.3. The van der Waals surface area contributed by atoms with E-state index in [0.717, 1.165) is 19.5 Å². The molecule has 1 unspecified atom stereocenters. The lowest BCUT2D eigenvalue weighted by Crippen LogP contribution is -2.36. The van der Waals surface area contributed by atoms with Gasteiger partial charge in [0.15, 0.2) is 0 Å². The summed E-state index contributed by atoms with van der Waals surface area (Å²) in [6, 6.07) is 0.466. The van der Waals surface area contributed by atoms with Gasteiger partial charge in [0, 0.05) is 12.6 Å². The van der Waals surface area contributed by atoms with Crippen LogP contribution in [0.5, 0.6) is 0 Å². The van der Waals surface area contributed by atoms with Gasteiger partial charge in [-0.1, -0.05) is 5.16 Å². The number of fused-ring (bicyclic) bond motifs is 1. The molecule has 0 radical (unpaired) electrons. The van der Waals surface area contributed by atoms with Crippen LogP contribution in [0.3, 0.4) is 0 Å². The summed E-state index contributed by atoms with van der Waals surface area (Å²) in [5, 5.41) is 6.93. The minimum absolute atomic E-state index is 0.0511. The number of rotatable bonds is 6. The molecule has 3 rings (SSSR count). The molecular formula is C16H23N5O3. The van der Waals surface area contributed by atoms with Crippen molar-refractivity contribution < 1.29 is 9.32 Å². The van der Waals surface area contributed by atoms with Gasteiger partial charge < -0.3 is 14.7 Å². The molecule has 1 saturated heterocycles. The summed E-state index contributed by atoms with van der Waals surface area (Å²) in [4.78, 5) is 30.9. The molecule has 0 aromatic carbocycles. The van der Waals surface area contributed by atoms with Crippen LogP contribution in [0.2, 0.25) is 0 Å². The zero-order valence-electron chi connectivity index (χ0n) is 14.1. The van der Waals surface area contributed by atoms with Gasteiger partial charge in [-0.25, -0.2) is 4.98 Å². The van der Waals surface area contributed by atoms with Gasteiger partial charge in [-0.2, -0.15) is 0 Å². The second kappa shape index (κ2) is 7.12. The van der Waals surface area contributed by atoms with E-state index in [1.54, 1.807) is 6.92 Å². The highest BCUT2D eigenvalue weighted by Gasteiger charge is 2.18. The fraction of sp³-hybridized carbons (Fsp3) is 0.625. The molecule has 0 saturated carbocycles. The summed E-state index contributed by atoms with van der Waals surface area (Å²) in [6.45, 7) is 6.72. The summed E-state index contributed by atoms with van der Waals surface area (Å²) >= 11 is 0. The lowest BCUT2D eigenvalue weighted by Gasteiger charge is -2.23. The van der Waals surface area contributed by atoms with Crippen molar-refractivity contribution in [2.45, 2.75) is 45.7 Å². The standard InChI is InChI=1S/C16H23N5O3/c1-11(20-7-3-4-8-20)5-6-17-13(22)9-21-10-18-15-14(16(21)23)12(2)19-24-15/h10-11H,3-9H2,1-2H3,(H,17,22). The summed E-state index contributed by atoms with van der Waals surface area (Å²) in [5.41, 5.74) is 0.379. The first kappa shape index (κ1) is 16.6. The van der Waals surface area contributed by atoms with Crippen LogP contribution in [0.25, 0.3) is 11.1 Å². The zero-order valence-corrected chi connectivity index (χ0v) is 14.1. The highest BCUT2D eigenvalue weighted by Crippen LogP contribution is 2.13. The van der Waals surface area contributed by atoms with Crippen molar-refractivity contribution in [3.8, 4) is 0 Å². The van der Waals surface area contributed by atoms with Crippen LogP contribution >= 0.6 is 0 Å². The molecule has 3 heterocycles. The predicted octanol–water partition coefficient (Wildman–Crippen LogP) is 0.684. The SMILES string of the molecule is Cc1noc2ncn(CC(=O)NCCC(C)N3CCCC3)c(=O)c12. The molecule has 0 spiro atoms. The minimum atomic E-state index is -0.306. The van der Waals surface area contributed by atoms with Crippen LogP contribution in [-0.4, -0.2) is 51.2 Å². The Hall–Kier alpha value is -2.22. The molecule has 0 aliphatic carbocycles. The minimum Gasteiger partial charge on any atom is -0.354 e. The lowest BCUT2D eigenvalue weighted by molar-refractivity contribution is -0.121. The first-order valence-corrected chi connectivity index (χ1v) is 8.38. The van der Waals surface area contributed by atoms with Crippen LogP contribution in [0, 0.1) is 6.92 Å². The van der Waals surface area contributed by atoms with Crippen LogP contribution in [-0.2, 0) is 11.3 Å². The highest BCUT2D eigenvalue weighted by atomic mass is 16.5. The number of hydrogen-bond acceptors (Lipinski definition) is 6. The van der Waals surface area contributed by atoms with Gasteiger partial charge in [-0.15, -0.1) is 0 Å². The van der Waals surface area contributed by atoms with Gasteiger partial charge in [0.05, 0.1) is 5.69 Å². The maximum atomic E-state index is 12.3. The topological polar surface area (TPSA) is 93.3 Å². The largest absolute Gasteiger partial charge is 0.354 e. The maximum Gasteiger partial charge on any atom is 0.267 e. The predicted molar refractivity (Wildman–Crippen MR) is 88.7 cm³/mol. The molecule has 1 atom stereocenters. The fourth-order valence-corrected chi connectivity index (χ4v) is 3.12. The Morgan fingerprint density at radius 2 is 2.17 bits per heavy atom. The molecule has 1 N–H and O–H groups in total. The molecule has 24 heavy (non-hydrogen) atoms. The second-order valence-electron chi connectivity index (χ2n) is 6.36. The molecule has 1 aliphatic rings. The van der Waals surface area contributed by atoms with E-state index in [1.807, 2.05) is 0 Å². The lowest BCUT2D eigenvalue weighted by atomic mass is 10.2. The molecule has 0 bridgehead atoms. The number of likely N-dealkylation sites (tertiary alicyclic amines) is 1. The Bertz CT molecular complexity index is 776. The van der Waals surface area contributed by atoms with Crippen molar-refractivity contribution in [3.05, 3.63) is 22.4 Å². The van der Waals surface area contributed by atoms with Crippen molar-refractivity contribution in [1.29, 1.82) is 0 Å². The van der Waals surface area contributed by atoms with Crippen LogP contribution in [0.15, 0.2) is 15.6 Å². The number of carbonyl (C=O) groups excluding carboxylic acids is 1. The van der Waals surface area contributed by atoms with Gasteiger partial charge in [0.25, 0.3) is 11.3 Å². The molecule has 8 heteroatoms. The van der Waals surface area contributed by atoms with Gasteiger partial charge in [-0.3, -0.25) is 14.2 Å². The molecule has 130 valence electrons. The number of carbonyl (C=O) groups is 1. The first-order chi connectivity index (χ1) is 11.6. The Balaban J connectivity index is 1.54. The number of amides is 1. The summed E-state index contributed by atoms with van der Waals surface area (Å²) in [7, 11) is 0. The van der Waals surface area contributed by atoms with E-state index in [2.05, 4.69) is 27.3 Å². The van der Waals surface area contributed by atoms with E-state index in [-0.39, 0.29) is 23.7 Å². The van der Waals surface area contributed by atoms with Crippen molar-refractivity contribution in [1.82, 2.24) is 24.9 Å². The van der Waals surface area contributed by atoms with E-state index in [1.165, 1.54) is 23.7 Å². The number of nitrogens with one attached hydrogen (secondary N) is 1. The normalized spacial score (nSPS) is 16.6. The monoisotopic (exact) mass is 333 g/mol. The van der Waals surface area contributed by atoms with E-state index < -0.39 is 0 Å². The van der Waals surface area contributed by atoms with E-state index in [4.69, 9.17) is 4.52 Å². The molecule has 1 aliphatic heterocycles. The number of nitrogens with zero attached hydrogens (tertiary/aromatic N) is 4. The van der Waals surface area contributed by atoms with E-state index >= 15 is 0 Å². The average molecular weight is 333 g/mol. The fourth-order valence-electron chi connectivity index (χ4n) is 3.12. The van der Waals surface area contributed by atoms with Gasteiger partial charge >= 0.3 is 0 Å². The van der Waals surface area contributed by atoms with Crippen LogP contribution in [0.4, 0.5) is 0 Å². The van der Waals surface area contributed by atoms with Crippen molar-refractivity contribution in [3.63, 3.8) is 0 Å². The van der Waals surface area contributed by atoms with Gasteiger partial charge in [0.2, 0.25) is 5.91 Å². The van der Waals surface area contributed by atoms with Gasteiger partial charge in [0.1, 0.15) is 18.3 Å². The second-order valence-corrected chi connectivity index (χ2v) is 6.36. The van der Waals surface area contributed by atoms with E-state index in [0.29, 0.717) is 23.7 Å². The summed E-state index contributed by atoms with van der Waals surface area (Å²) in [5.74, 6) is -0.194. The third-order valence-corrected chi connectivity index (χ3v) is 4.60. The van der Waals surface area contributed by atoms with Crippen molar-refractivity contribution in [2.75, 3.05) is 19.6 Å². The molecule has 1 amide bonds. The summed E-state index contributed by atoms with van der Waals surface area (Å²) < 4.78 is 6.23.